The summed E-state index contributed by atoms with van der Waals surface area (Å²) in [6.45, 7) is 0. The second kappa shape index (κ2) is 3.36. The van der Waals surface area contributed by atoms with Gasteiger partial charge in [-0.15, -0.1) is 0 Å². The fourth-order valence-electron chi connectivity index (χ4n) is 1.51. The van der Waals surface area contributed by atoms with E-state index in [4.69, 9.17) is 5.21 Å². The molecule has 3 nitrogen and oxygen atoms in total. The molecule has 0 saturated carbocycles. The summed E-state index contributed by atoms with van der Waals surface area (Å²) in [6.07, 6.45) is 1.88. The van der Waals surface area contributed by atoms with Crippen molar-refractivity contribution in [2.24, 2.45) is 5.16 Å². The third kappa shape index (κ3) is 1.19. The van der Waals surface area contributed by atoms with Gasteiger partial charge in [-0.1, -0.05) is 29.4 Å². The number of fused-ring (bicyclic) bond motifs is 1. The molecule has 0 radical (unpaired) electrons. The molecule has 0 aromatic heterocycles. The minimum atomic E-state index is 0. The lowest BCUT2D eigenvalue weighted by molar-refractivity contribution is 0.318. The van der Waals surface area contributed by atoms with Gasteiger partial charge in [0.05, 0.1) is 5.71 Å². The number of hydrogen-bond acceptors (Lipinski definition) is 2. The third-order valence-electron chi connectivity index (χ3n) is 2.08. The highest BCUT2D eigenvalue weighted by Crippen LogP contribution is 2.21. The summed E-state index contributed by atoms with van der Waals surface area (Å²) in [6, 6.07) is 8.05. The van der Waals surface area contributed by atoms with Crippen LogP contribution >= 0.6 is 0 Å². The van der Waals surface area contributed by atoms with Gasteiger partial charge in [0, 0.05) is 5.56 Å². The Hall–Kier alpha value is -1.35. The lowest BCUT2D eigenvalue weighted by Crippen LogP contribution is -1.92. The Labute approximate surface area is 70.6 Å². The number of nitrogens with zero attached hydrogens (tertiary/aromatic N) is 1. The van der Waals surface area contributed by atoms with Crippen LogP contribution in [0.15, 0.2) is 29.4 Å². The van der Waals surface area contributed by atoms with Gasteiger partial charge >= 0.3 is 0 Å². The van der Waals surface area contributed by atoms with Crippen LogP contribution in [-0.2, 0) is 6.42 Å². The number of oxime groups is 1. The first-order valence-electron chi connectivity index (χ1n) is 3.71. The van der Waals surface area contributed by atoms with Gasteiger partial charge in [0.15, 0.2) is 0 Å². The number of rotatable bonds is 0. The van der Waals surface area contributed by atoms with Gasteiger partial charge in [-0.05, 0) is 18.4 Å². The molecule has 64 valence electrons. The van der Waals surface area contributed by atoms with Crippen LogP contribution < -0.4 is 0 Å². The Morgan fingerprint density at radius 1 is 1.17 bits per heavy atom. The Kier molecular flexibility index (Phi) is 2.45. The molecule has 0 unspecified atom stereocenters. The maximum absolute atomic E-state index is 8.60. The van der Waals surface area contributed by atoms with Crippen LogP contribution in [0.5, 0.6) is 0 Å². The third-order valence-corrected chi connectivity index (χ3v) is 2.08. The number of hydrogen-bond donors (Lipinski definition) is 1. The lowest BCUT2D eigenvalue weighted by Gasteiger charge is -1.94. The molecule has 0 spiro atoms. The Balaban J connectivity index is 0.000000720. The van der Waals surface area contributed by atoms with Crippen LogP contribution in [0.3, 0.4) is 0 Å². The van der Waals surface area contributed by atoms with Crippen molar-refractivity contribution in [3.63, 3.8) is 0 Å². The summed E-state index contributed by atoms with van der Waals surface area (Å²) < 4.78 is 0. The minimum Gasteiger partial charge on any atom is -0.412 e. The van der Waals surface area contributed by atoms with Crippen LogP contribution in [0, 0.1) is 0 Å². The second-order valence-corrected chi connectivity index (χ2v) is 2.70. The van der Waals surface area contributed by atoms with Crippen LogP contribution in [0.1, 0.15) is 17.5 Å². The Morgan fingerprint density at radius 2 is 1.92 bits per heavy atom. The maximum Gasteiger partial charge on any atom is 0.0873 e. The normalized spacial score (nSPS) is 17.2. The van der Waals surface area contributed by atoms with Crippen LogP contribution in [0.2, 0.25) is 0 Å². The zero-order valence-corrected chi connectivity index (χ0v) is 6.62. The summed E-state index contributed by atoms with van der Waals surface area (Å²) >= 11 is 0. The molecule has 0 bridgehead atoms. The fourth-order valence-corrected chi connectivity index (χ4v) is 1.51. The zero-order chi connectivity index (χ0) is 7.68. The molecular formula is C9H11NO2. The molecule has 1 aromatic rings. The average Bonchev–Trinajstić information content (AvgIpc) is 2.47. The van der Waals surface area contributed by atoms with Gasteiger partial charge in [-0.2, -0.15) is 0 Å². The monoisotopic (exact) mass is 165 g/mol. The first-order valence-corrected chi connectivity index (χ1v) is 3.71. The molecule has 2 rings (SSSR count). The summed E-state index contributed by atoms with van der Waals surface area (Å²) in [5, 5.41) is 11.8. The van der Waals surface area contributed by atoms with E-state index in [-0.39, 0.29) is 5.48 Å². The highest BCUT2D eigenvalue weighted by Gasteiger charge is 2.16. The maximum atomic E-state index is 8.60. The topological polar surface area (TPSA) is 64.1 Å². The van der Waals surface area contributed by atoms with E-state index in [0.717, 1.165) is 24.1 Å². The molecule has 0 atom stereocenters. The van der Waals surface area contributed by atoms with E-state index < -0.39 is 0 Å². The quantitative estimate of drug-likeness (QED) is 0.452. The first-order chi connectivity index (χ1) is 5.42. The molecule has 0 amide bonds. The van der Waals surface area contributed by atoms with E-state index in [1.807, 2.05) is 18.2 Å². The van der Waals surface area contributed by atoms with E-state index in [1.165, 1.54) is 5.56 Å². The zero-order valence-electron chi connectivity index (χ0n) is 6.62. The predicted octanol–water partition coefficient (Wildman–Crippen LogP) is 0.986. The minimum absolute atomic E-state index is 0. The number of aryl methyl sites for hydroxylation is 1. The molecule has 0 saturated heterocycles. The van der Waals surface area contributed by atoms with E-state index in [9.17, 15) is 0 Å². The summed E-state index contributed by atoms with van der Waals surface area (Å²) in [5.74, 6) is 0. The molecule has 0 fully saturated rings. The van der Waals surface area contributed by atoms with Crippen molar-refractivity contribution in [2.45, 2.75) is 12.8 Å². The van der Waals surface area contributed by atoms with Gasteiger partial charge in [0.1, 0.15) is 0 Å². The molecule has 3 N–H and O–H groups in total. The second-order valence-electron chi connectivity index (χ2n) is 2.70. The van der Waals surface area contributed by atoms with Crippen molar-refractivity contribution >= 4 is 5.71 Å². The van der Waals surface area contributed by atoms with E-state index in [0.29, 0.717) is 0 Å². The van der Waals surface area contributed by atoms with Crippen LogP contribution in [-0.4, -0.2) is 16.4 Å². The van der Waals surface area contributed by atoms with Crippen molar-refractivity contribution in [3.8, 4) is 0 Å². The largest absolute Gasteiger partial charge is 0.412 e. The van der Waals surface area contributed by atoms with Gasteiger partial charge in [-0.3, -0.25) is 0 Å². The SMILES string of the molecule is O.ON=C1CCc2ccccc21. The Morgan fingerprint density at radius 3 is 2.67 bits per heavy atom. The van der Waals surface area contributed by atoms with Crippen molar-refractivity contribution in [2.75, 3.05) is 0 Å². The summed E-state index contributed by atoms with van der Waals surface area (Å²) in [4.78, 5) is 0. The van der Waals surface area contributed by atoms with Gasteiger partial charge in [-0.25, -0.2) is 0 Å². The molecule has 3 heteroatoms. The van der Waals surface area contributed by atoms with Gasteiger partial charge in [0.2, 0.25) is 0 Å². The molecule has 1 aromatic carbocycles. The predicted molar refractivity (Wildman–Crippen MR) is 46.7 cm³/mol. The highest BCUT2D eigenvalue weighted by molar-refractivity contribution is 6.04. The summed E-state index contributed by atoms with van der Waals surface area (Å²) in [7, 11) is 0. The van der Waals surface area contributed by atoms with Crippen molar-refractivity contribution < 1.29 is 10.7 Å². The highest BCUT2D eigenvalue weighted by atomic mass is 16.4. The average molecular weight is 165 g/mol. The van der Waals surface area contributed by atoms with Crippen molar-refractivity contribution in [1.29, 1.82) is 0 Å². The van der Waals surface area contributed by atoms with Crippen molar-refractivity contribution in [3.05, 3.63) is 35.4 Å². The fraction of sp³-hybridized carbons (Fsp3) is 0.222. The molecular weight excluding hydrogens is 154 g/mol. The van der Waals surface area contributed by atoms with E-state index in [1.54, 1.807) is 0 Å². The summed E-state index contributed by atoms with van der Waals surface area (Å²) in [5.41, 5.74) is 3.22. The standard InChI is InChI=1S/C9H9NO.H2O/c11-10-9-6-5-7-3-1-2-4-8(7)9;/h1-4,11H,5-6H2;1H2. The van der Waals surface area contributed by atoms with Crippen molar-refractivity contribution in [1.82, 2.24) is 0 Å². The van der Waals surface area contributed by atoms with Crippen LogP contribution in [0.25, 0.3) is 0 Å². The van der Waals surface area contributed by atoms with Gasteiger partial charge in [0.25, 0.3) is 0 Å². The van der Waals surface area contributed by atoms with E-state index in [2.05, 4.69) is 11.2 Å². The Bertz CT molecular complexity index is 307. The van der Waals surface area contributed by atoms with Gasteiger partial charge < -0.3 is 10.7 Å². The molecule has 1 aliphatic carbocycles. The number of benzene rings is 1. The molecule has 1 aliphatic rings. The lowest BCUT2D eigenvalue weighted by atomic mass is 10.1. The smallest absolute Gasteiger partial charge is 0.0873 e. The molecule has 0 heterocycles. The van der Waals surface area contributed by atoms with E-state index >= 15 is 0 Å². The molecule has 0 aliphatic heterocycles. The van der Waals surface area contributed by atoms with Crippen LogP contribution in [0.4, 0.5) is 0 Å². The first kappa shape index (κ1) is 8.74. The molecule has 12 heavy (non-hydrogen) atoms.